The molecule has 1 fully saturated rings. The minimum Gasteiger partial charge on any atom is -0.326 e. The Labute approximate surface area is 157 Å². The van der Waals surface area contributed by atoms with Crippen molar-refractivity contribution in [3.63, 3.8) is 0 Å². The standard InChI is InChI=1S/C17H15FN4O2S2/c1-2-8-22-15(24)13(26-17(22)21-16-19-7-9-25-16)10-14(23)20-12-5-3-11(18)4-6-12/h2-7,9,13H,1,8,10H2,(H,20,23)/t13-/m0/s1. The Morgan fingerprint density at radius 2 is 2.19 bits per heavy atom. The molecule has 3 rings (SSSR count). The van der Waals surface area contributed by atoms with Crippen LogP contribution in [0.2, 0.25) is 0 Å². The van der Waals surface area contributed by atoms with Gasteiger partial charge in [0.15, 0.2) is 5.17 Å². The maximum atomic E-state index is 12.9. The van der Waals surface area contributed by atoms with Gasteiger partial charge in [-0.15, -0.1) is 17.9 Å². The summed E-state index contributed by atoms with van der Waals surface area (Å²) in [4.78, 5) is 34.8. The number of anilines is 1. The first kappa shape index (κ1) is 18.3. The van der Waals surface area contributed by atoms with Crippen molar-refractivity contribution >= 4 is 50.9 Å². The second-order valence-electron chi connectivity index (χ2n) is 5.31. The number of nitrogens with zero attached hydrogens (tertiary/aromatic N) is 3. The quantitative estimate of drug-likeness (QED) is 0.767. The third-order valence-corrected chi connectivity index (χ3v) is 5.28. The molecule has 1 atom stereocenters. The largest absolute Gasteiger partial charge is 0.326 e. The fraction of sp³-hybridized carbons (Fsp3) is 0.176. The van der Waals surface area contributed by atoms with Crippen LogP contribution in [-0.4, -0.2) is 38.7 Å². The van der Waals surface area contributed by atoms with Gasteiger partial charge in [-0.05, 0) is 24.3 Å². The van der Waals surface area contributed by atoms with Gasteiger partial charge >= 0.3 is 0 Å². The molecule has 0 unspecified atom stereocenters. The molecule has 9 heteroatoms. The summed E-state index contributed by atoms with van der Waals surface area (Å²) in [5.74, 6) is -0.899. The number of thioether (sulfide) groups is 1. The number of rotatable bonds is 6. The summed E-state index contributed by atoms with van der Waals surface area (Å²) in [6.45, 7) is 3.97. The molecule has 26 heavy (non-hydrogen) atoms. The third kappa shape index (κ3) is 4.36. The zero-order valence-corrected chi connectivity index (χ0v) is 15.2. The van der Waals surface area contributed by atoms with Crippen molar-refractivity contribution in [2.24, 2.45) is 4.99 Å². The molecule has 1 aliphatic rings. The summed E-state index contributed by atoms with van der Waals surface area (Å²) in [5, 5.41) is 4.94. The normalized spacial score (nSPS) is 18.3. The molecule has 2 heterocycles. The van der Waals surface area contributed by atoms with Gasteiger partial charge in [0.2, 0.25) is 16.9 Å². The SMILES string of the molecule is C=CCN1C(=O)[C@H](CC(=O)Nc2ccc(F)cc2)SC1=Nc1nccs1. The molecule has 0 radical (unpaired) electrons. The highest BCUT2D eigenvalue weighted by atomic mass is 32.2. The van der Waals surface area contributed by atoms with E-state index >= 15 is 0 Å². The van der Waals surface area contributed by atoms with Crippen LogP contribution in [-0.2, 0) is 9.59 Å². The van der Waals surface area contributed by atoms with Crippen molar-refractivity contribution in [3.8, 4) is 0 Å². The van der Waals surface area contributed by atoms with E-state index in [4.69, 9.17) is 0 Å². The van der Waals surface area contributed by atoms with Crippen molar-refractivity contribution < 1.29 is 14.0 Å². The zero-order valence-electron chi connectivity index (χ0n) is 13.6. The van der Waals surface area contributed by atoms with Crippen molar-refractivity contribution in [1.82, 2.24) is 9.88 Å². The highest BCUT2D eigenvalue weighted by molar-refractivity contribution is 8.15. The van der Waals surface area contributed by atoms with Crippen LogP contribution < -0.4 is 5.32 Å². The molecule has 0 saturated carbocycles. The highest BCUT2D eigenvalue weighted by Gasteiger charge is 2.38. The number of thiazole rings is 1. The summed E-state index contributed by atoms with van der Waals surface area (Å²) < 4.78 is 12.9. The topological polar surface area (TPSA) is 74.7 Å². The maximum Gasteiger partial charge on any atom is 0.242 e. The predicted octanol–water partition coefficient (Wildman–Crippen LogP) is 3.43. The fourth-order valence-corrected chi connectivity index (χ4v) is 4.00. The van der Waals surface area contributed by atoms with E-state index in [-0.39, 0.29) is 24.1 Å². The molecular formula is C17H15FN4O2S2. The number of carbonyl (C=O) groups excluding carboxylic acids is 2. The first-order chi connectivity index (χ1) is 12.6. The van der Waals surface area contributed by atoms with Crippen LogP contribution in [0.4, 0.5) is 15.2 Å². The summed E-state index contributed by atoms with van der Waals surface area (Å²) in [7, 11) is 0. The number of hydrogen-bond donors (Lipinski definition) is 1. The first-order valence-electron chi connectivity index (χ1n) is 7.69. The van der Waals surface area contributed by atoms with Gasteiger partial charge in [0.25, 0.3) is 0 Å². The Balaban J connectivity index is 1.69. The van der Waals surface area contributed by atoms with Crippen LogP contribution in [0.25, 0.3) is 0 Å². The summed E-state index contributed by atoms with van der Waals surface area (Å²) in [5.41, 5.74) is 0.478. The van der Waals surface area contributed by atoms with Gasteiger partial charge < -0.3 is 5.32 Å². The monoisotopic (exact) mass is 390 g/mol. The maximum absolute atomic E-state index is 12.9. The molecule has 134 valence electrons. The number of carbonyl (C=O) groups is 2. The Morgan fingerprint density at radius 1 is 1.42 bits per heavy atom. The van der Waals surface area contributed by atoms with Crippen LogP contribution in [0.1, 0.15) is 6.42 Å². The van der Waals surface area contributed by atoms with Gasteiger partial charge in [-0.2, -0.15) is 4.99 Å². The van der Waals surface area contributed by atoms with Crippen LogP contribution >= 0.6 is 23.1 Å². The number of amidine groups is 1. The Kier molecular flexibility index (Phi) is 5.79. The van der Waals surface area contributed by atoms with Crippen molar-refractivity contribution in [3.05, 3.63) is 54.3 Å². The number of benzene rings is 1. The number of halogens is 1. The lowest BCUT2D eigenvalue weighted by Gasteiger charge is -2.13. The zero-order chi connectivity index (χ0) is 18.5. The minimum atomic E-state index is -0.575. The van der Waals surface area contributed by atoms with Crippen molar-refractivity contribution in [1.29, 1.82) is 0 Å². The van der Waals surface area contributed by atoms with Gasteiger partial charge in [0, 0.05) is 30.2 Å². The highest BCUT2D eigenvalue weighted by Crippen LogP contribution is 2.32. The van der Waals surface area contributed by atoms with E-state index < -0.39 is 5.25 Å². The molecule has 1 aliphatic heterocycles. The Hall–Kier alpha value is -2.52. The van der Waals surface area contributed by atoms with Crippen molar-refractivity contribution in [2.75, 3.05) is 11.9 Å². The average molecular weight is 390 g/mol. The van der Waals surface area contributed by atoms with E-state index in [1.54, 1.807) is 17.7 Å². The minimum absolute atomic E-state index is 0.00852. The van der Waals surface area contributed by atoms with Crippen LogP contribution in [0, 0.1) is 5.82 Å². The third-order valence-electron chi connectivity index (χ3n) is 3.44. The molecule has 6 nitrogen and oxygen atoms in total. The molecule has 1 aromatic heterocycles. The molecule has 2 amide bonds. The second kappa shape index (κ2) is 8.24. The molecule has 1 aromatic carbocycles. The lowest BCUT2D eigenvalue weighted by molar-refractivity contribution is -0.127. The number of hydrogen-bond acceptors (Lipinski definition) is 6. The first-order valence-corrected chi connectivity index (χ1v) is 9.45. The molecule has 2 aromatic rings. The van der Waals surface area contributed by atoms with E-state index in [0.29, 0.717) is 22.5 Å². The average Bonchev–Trinajstić information content (AvgIpc) is 3.22. The number of aromatic nitrogens is 1. The van der Waals surface area contributed by atoms with E-state index in [9.17, 15) is 14.0 Å². The van der Waals surface area contributed by atoms with Crippen LogP contribution in [0.5, 0.6) is 0 Å². The summed E-state index contributed by atoms with van der Waals surface area (Å²) >= 11 is 2.59. The Bertz CT molecular complexity index is 837. The second-order valence-corrected chi connectivity index (χ2v) is 7.36. The molecule has 0 aliphatic carbocycles. The lowest BCUT2D eigenvalue weighted by Crippen LogP contribution is -2.33. The van der Waals surface area contributed by atoms with Crippen molar-refractivity contribution in [2.45, 2.75) is 11.7 Å². The Morgan fingerprint density at radius 3 is 2.85 bits per heavy atom. The van der Waals surface area contributed by atoms with E-state index in [0.717, 1.165) is 0 Å². The number of nitrogens with one attached hydrogen (secondary N) is 1. The predicted molar refractivity (Wildman–Crippen MR) is 102 cm³/mol. The molecule has 0 bridgehead atoms. The number of aliphatic imine (C=N–C) groups is 1. The van der Waals surface area contributed by atoms with Crippen LogP contribution in [0.3, 0.4) is 0 Å². The van der Waals surface area contributed by atoms with Gasteiger partial charge in [0.05, 0.1) is 0 Å². The summed E-state index contributed by atoms with van der Waals surface area (Å²) in [6, 6.07) is 5.46. The van der Waals surface area contributed by atoms with E-state index in [1.807, 2.05) is 0 Å². The van der Waals surface area contributed by atoms with Gasteiger partial charge in [-0.25, -0.2) is 9.37 Å². The number of amides is 2. The van der Waals surface area contributed by atoms with Gasteiger partial charge in [-0.3, -0.25) is 14.5 Å². The van der Waals surface area contributed by atoms with E-state index in [2.05, 4.69) is 21.9 Å². The fourth-order valence-electron chi connectivity index (χ4n) is 2.29. The molecule has 1 saturated heterocycles. The smallest absolute Gasteiger partial charge is 0.242 e. The van der Waals surface area contributed by atoms with E-state index in [1.165, 1.54) is 52.3 Å². The molecule has 1 N–H and O–H groups in total. The lowest BCUT2D eigenvalue weighted by atomic mass is 10.2. The molecule has 0 spiro atoms. The molecular weight excluding hydrogens is 375 g/mol. The van der Waals surface area contributed by atoms with Gasteiger partial charge in [-0.1, -0.05) is 17.8 Å². The summed E-state index contributed by atoms with van der Waals surface area (Å²) in [6.07, 6.45) is 3.24. The van der Waals surface area contributed by atoms with Crippen LogP contribution in [0.15, 0.2) is 53.5 Å². The van der Waals surface area contributed by atoms with Gasteiger partial charge in [0.1, 0.15) is 11.1 Å².